The van der Waals surface area contributed by atoms with E-state index < -0.39 is 0 Å². The van der Waals surface area contributed by atoms with Crippen molar-refractivity contribution < 1.29 is 24.1 Å². The van der Waals surface area contributed by atoms with Crippen molar-refractivity contribution in [3.8, 4) is 17.2 Å². The number of rotatable bonds is 10. The summed E-state index contributed by atoms with van der Waals surface area (Å²) < 4.78 is 17.4. The van der Waals surface area contributed by atoms with Gasteiger partial charge in [0.2, 0.25) is 0 Å². The van der Waals surface area contributed by atoms with Gasteiger partial charge in [-0.25, -0.2) is 0 Å². The molecule has 7 nitrogen and oxygen atoms in total. The number of aliphatic hydroxyl groups is 1. The number of amides is 1. The number of hydrogen-bond acceptors (Lipinski definition) is 6. The molecule has 0 unspecified atom stereocenters. The van der Waals surface area contributed by atoms with E-state index in [1.807, 2.05) is 36.4 Å². The fourth-order valence-corrected chi connectivity index (χ4v) is 4.75. The molecule has 2 aliphatic heterocycles. The number of benzene rings is 2. The van der Waals surface area contributed by atoms with E-state index in [-0.39, 0.29) is 18.6 Å². The highest BCUT2D eigenvalue weighted by Crippen LogP contribution is 2.40. The topological polar surface area (TPSA) is 71.5 Å². The quantitative estimate of drug-likeness (QED) is 0.578. The minimum Gasteiger partial charge on any atom is -0.493 e. The van der Waals surface area contributed by atoms with Crippen LogP contribution >= 0.6 is 0 Å². The Hall–Kier alpha value is -3.03. The highest BCUT2D eigenvalue weighted by molar-refractivity contribution is 6.07. The molecule has 2 heterocycles. The largest absolute Gasteiger partial charge is 0.493 e. The van der Waals surface area contributed by atoms with Crippen LogP contribution in [0.5, 0.6) is 17.2 Å². The molecule has 5 rings (SSSR count). The van der Waals surface area contributed by atoms with Gasteiger partial charge in [-0.2, -0.15) is 0 Å². The van der Waals surface area contributed by atoms with Gasteiger partial charge in [-0.05, 0) is 74.1 Å². The third-order valence-electron chi connectivity index (χ3n) is 6.88. The Bertz CT molecular complexity index is 1050. The van der Waals surface area contributed by atoms with Gasteiger partial charge in [-0.3, -0.25) is 9.69 Å². The van der Waals surface area contributed by atoms with E-state index in [2.05, 4.69) is 17.0 Å². The molecule has 7 heteroatoms. The zero-order chi connectivity index (χ0) is 23.5. The minimum atomic E-state index is -0.175. The summed E-state index contributed by atoms with van der Waals surface area (Å²) in [6.07, 6.45) is 6.47. The van der Waals surface area contributed by atoms with Crippen molar-refractivity contribution in [3.63, 3.8) is 0 Å². The van der Waals surface area contributed by atoms with Gasteiger partial charge in [0.1, 0.15) is 12.4 Å². The zero-order valence-electron chi connectivity index (χ0n) is 19.6. The fraction of sp³-hybridized carbons (Fsp3) is 0.444. The highest BCUT2D eigenvalue weighted by Gasteiger charge is 2.29. The van der Waals surface area contributed by atoms with Crippen LogP contribution in [0.4, 0.5) is 5.69 Å². The number of likely N-dealkylation sites (tertiary alicyclic amines) is 1. The monoisotopic (exact) mass is 464 g/mol. The minimum absolute atomic E-state index is 0.175. The zero-order valence-corrected chi connectivity index (χ0v) is 19.6. The molecular formula is C27H32N2O5. The average Bonchev–Trinajstić information content (AvgIpc) is 3.52. The third-order valence-corrected chi connectivity index (χ3v) is 6.88. The van der Waals surface area contributed by atoms with Crippen molar-refractivity contribution in [2.24, 2.45) is 0 Å². The van der Waals surface area contributed by atoms with Crippen LogP contribution in [-0.2, 0) is 4.79 Å². The summed E-state index contributed by atoms with van der Waals surface area (Å²) in [5.74, 6) is 2.74. The summed E-state index contributed by atoms with van der Waals surface area (Å²) in [5.41, 5.74) is 2.07. The average molecular weight is 465 g/mol. The van der Waals surface area contributed by atoms with Gasteiger partial charge in [0.15, 0.2) is 17.3 Å². The van der Waals surface area contributed by atoms with Gasteiger partial charge >= 0.3 is 0 Å². The Morgan fingerprint density at radius 2 is 1.88 bits per heavy atom. The van der Waals surface area contributed by atoms with Gasteiger partial charge in [0.25, 0.3) is 5.91 Å². The number of hydrogen-bond donors (Lipinski definition) is 1. The molecule has 0 spiro atoms. The molecule has 2 aromatic carbocycles. The summed E-state index contributed by atoms with van der Waals surface area (Å²) in [6, 6.07) is 13.8. The van der Waals surface area contributed by atoms with E-state index in [4.69, 9.17) is 14.2 Å². The number of methoxy groups -OCH3 is 1. The molecule has 1 atom stereocenters. The lowest BCUT2D eigenvalue weighted by Gasteiger charge is -2.23. The maximum Gasteiger partial charge on any atom is 0.294 e. The van der Waals surface area contributed by atoms with Crippen LogP contribution in [0.15, 0.2) is 54.3 Å². The van der Waals surface area contributed by atoms with Crippen molar-refractivity contribution in [2.75, 3.05) is 44.9 Å². The van der Waals surface area contributed by atoms with Gasteiger partial charge in [-0.15, -0.1) is 0 Å². The van der Waals surface area contributed by atoms with E-state index in [1.165, 1.54) is 18.4 Å². The number of ether oxygens (including phenoxy) is 3. The predicted octanol–water partition coefficient (Wildman–Crippen LogP) is 3.72. The maximum atomic E-state index is 13.0. The molecule has 1 amide bonds. The summed E-state index contributed by atoms with van der Waals surface area (Å²) in [5, 5.41) is 9.48. The molecule has 180 valence electrons. The standard InChI is InChI=1S/C27H32N2O5/c1-32-26-17-21(8-11-24(26)33-16-15-28-13-2-3-22(28)18-30)29-14-12-25(27(29)31)34-23-9-6-20(7-10-23)19-4-5-19/h6-12,17,19,22,30H,2-5,13-16,18H2,1H3/t22-/m0/s1. The van der Waals surface area contributed by atoms with Crippen LogP contribution in [0.2, 0.25) is 0 Å². The highest BCUT2D eigenvalue weighted by atomic mass is 16.5. The summed E-state index contributed by atoms with van der Waals surface area (Å²) in [7, 11) is 1.60. The van der Waals surface area contributed by atoms with Crippen molar-refractivity contribution >= 4 is 11.6 Å². The van der Waals surface area contributed by atoms with E-state index in [0.717, 1.165) is 31.6 Å². The predicted molar refractivity (Wildman–Crippen MR) is 130 cm³/mol. The first-order chi connectivity index (χ1) is 16.7. The SMILES string of the molecule is COc1cc(N2CC=C(Oc3ccc(C4CC4)cc3)C2=O)ccc1OCCN1CCC[C@H]1CO. The second-order valence-electron chi connectivity index (χ2n) is 9.13. The van der Waals surface area contributed by atoms with Crippen LogP contribution in [0.1, 0.15) is 37.2 Å². The Morgan fingerprint density at radius 1 is 1.06 bits per heavy atom. The number of nitrogens with zero attached hydrogens (tertiary/aromatic N) is 2. The molecule has 1 saturated heterocycles. The first kappa shape index (κ1) is 22.7. The number of carbonyl (C=O) groups is 1. The van der Waals surface area contributed by atoms with Crippen molar-refractivity contribution in [1.82, 2.24) is 4.90 Å². The number of carbonyl (C=O) groups excluding carboxylic acids is 1. The van der Waals surface area contributed by atoms with Crippen LogP contribution in [0, 0.1) is 0 Å². The lowest BCUT2D eigenvalue weighted by molar-refractivity contribution is -0.116. The molecule has 3 aliphatic rings. The molecule has 0 bridgehead atoms. The lowest BCUT2D eigenvalue weighted by atomic mass is 10.1. The van der Waals surface area contributed by atoms with E-state index >= 15 is 0 Å². The Morgan fingerprint density at radius 3 is 2.62 bits per heavy atom. The third kappa shape index (κ3) is 4.91. The van der Waals surface area contributed by atoms with Crippen LogP contribution in [0.25, 0.3) is 0 Å². The lowest BCUT2D eigenvalue weighted by Crippen LogP contribution is -2.35. The molecule has 1 N–H and O–H groups in total. The molecule has 2 aromatic rings. The summed E-state index contributed by atoms with van der Waals surface area (Å²) in [6.45, 7) is 2.88. The number of anilines is 1. The molecule has 2 fully saturated rings. The molecule has 0 aromatic heterocycles. The second-order valence-corrected chi connectivity index (χ2v) is 9.13. The molecule has 1 aliphatic carbocycles. The summed E-state index contributed by atoms with van der Waals surface area (Å²) in [4.78, 5) is 16.9. The van der Waals surface area contributed by atoms with Crippen LogP contribution in [-0.4, -0.2) is 61.9 Å². The first-order valence-electron chi connectivity index (χ1n) is 12.1. The van der Waals surface area contributed by atoms with Gasteiger partial charge in [-0.1, -0.05) is 12.1 Å². The van der Waals surface area contributed by atoms with Crippen molar-refractivity contribution in [2.45, 2.75) is 37.6 Å². The van der Waals surface area contributed by atoms with Gasteiger partial charge in [0, 0.05) is 30.9 Å². The Labute approximate surface area is 200 Å². The normalized spacial score (nSPS) is 20.5. The molecular weight excluding hydrogens is 432 g/mol. The van der Waals surface area contributed by atoms with Crippen LogP contribution < -0.4 is 19.1 Å². The molecule has 1 saturated carbocycles. The van der Waals surface area contributed by atoms with Gasteiger partial charge in [0.05, 0.1) is 13.7 Å². The molecule has 0 radical (unpaired) electrons. The van der Waals surface area contributed by atoms with E-state index in [1.54, 1.807) is 12.0 Å². The Balaban J connectivity index is 1.18. The van der Waals surface area contributed by atoms with E-state index in [9.17, 15) is 9.90 Å². The first-order valence-corrected chi connectivity index (χ1v) is 12.1. The fourth-order valence-electron chi connectivity index (χ4n) is 4.75. The van der Waals surface area contributed by atoms with Crippen LogP contribution in [0.3, 0.4) is 0 Å². The van der Waals surface area contributed by atoms with E-state index in [0.29, 0.717) is 42.1 Å². The van der Waals surface area contributed by atoms with Gasteiger partial charge < -0.3 is 24.2 Å². The van der Waals surface area contributed by atoms with Crippen molar-refractivity contribution in [3.05, 3.63) is 59.9 Å². The second kappa shape index (κ2) is 10.1. The maximum absolute atomic E-state index is 13.0. The summed E-state index contributed by atoms with van der Waals surface area (Å²) >= 11 is 0. The Kier molecular flexibility index (Phi) is 6.74. The van der Waals surface area contributed by atoms with Crippen molar-refractivity contribution in [1.29, 1.82) is 0 Å². The smallest absolute Gasteiger partial charge is 0.294 e. The number of aliphatic hydroxyl groups excluding tert-OH is 1. The molecule has 34 heavy (non-hydrogen) atoms.